The summed E-state index contributed by atoms with van der Waals surface area (Å²) in [5.74, 6) is 0.923. The summed E-state index contributed by atoms with van der Waals surface area (Å²) in [6.45, 7) is 4.48. The van der Waals surface area contributed by atoms with Gasteiger partial charge in [-0.1, -0.05) is 24.2 Å². The molecule has 0 aromatic carbocycles. The van der Waals surface area contributed by atoms with E-state index in [-0.39, 0.29) is 5.91 Å². The molecule has 2 heterocycles. The van der Waals surface area contributed by atoms with Crippen molar-refractivity contribution in [3.8, 4) is 0 Å². The van der Waals surface area contributed by atoms with E-state index >= 15 is 0 Å². The highest BCUT2D eigenvalue weighted by atomic mass is 32.1. The maximum absolute atomic E-state index is 12.3. The van der Waals surface area contributed by atoms with Gasteiger partial charge in [-0.15, -0.1) is 0 Å². The van der Waals surface area contributed by atoms with Crippen molar-refractivity contribution < 1.29 is 4.79 Å². The monoisotopic (exact) mass is 309 g/mol. The van der Waals surface area contributed by atoms with E-state index < -0.39 is 0 Å². The van der Waals surface area contributed by atoms with Crippen LogP contribution in [0.3, 0.4) is 0 Å². The summed E-state index contributed by atoms with van der Waals surface area (Å²) in [5.41, 5.74) is 5.93. The summed E-state index contributed by atoms with van der Waals surface area (Å²) in [4.78, 5) is 19.4. The maximum Gasteiger partial charge on any atom is 0.265 e. The third kappa shape index (κ3) is 3.47. The standard InChI is InChI=1S/C14H23N5OS/c15-12-11(13(20)17-9-10-3-1-2-4-10)21-14(18-12)19-7-5-16-6-8-19/h10,16H,1-9,15H2,(H,17,20). The molecule has 0 bridgehead atoms. The van der Waals surface area contributed by atoms with Crippen molar-refractivity contribution in [3.63, 3.8) is 0 Å². The molecule has 1 amide bonds. The van der Waals surface area contributed by atoms with Crippen molar-refractivity contribution in [2.75, 3.05) is 43.4 Å². The van der Waals surface area contributed by atoms with Crippen LogP contribution in [0.5, 0.6) is 0 Å². The Morgan fingerprint density at radius 3 is 2.81 bits per heavy atom. The first-order chi connectivity index (χ1) is 10.2. The van der Waals surface area contributed by atoms with Crippen LogP contribution in [0.1, 0.15) is 35.4 Å². The van der Waals surface area contributed by atoms with Gasteiger partial charge in [0.05, 0.1) is 0 Å². The Kier molecular flexibility index (Phi) is 4.60. The van der Waals surface area contributed by atoms with Gasteiger partial charge in [-0.2, -0.15) is 0 Å². The summed E-state index contributed by atoms with van der Waals surface area (Å²) in [6, 6.07) is 0. The van der Waals surface area contributed by atoms with Gasteiger partial charge in [-0.05, 0) is 18.8 Å². The van der Waals surface area contributed by atoms with E-state index in [1.165, 1.54) is 37.0 Å². The first-order valence-electron chi connectivity index (χ1n) is 7.74. The van der Waals surface area contributed by atoms with Crippen LogP contribution >= 0.6 is 11.3 Å². The fourth-order valence-electron chi connectivity index (χ4n) is 3.01. The molecule has 3 rings (SSSR count). The molecule has 116 valence electrons. The second-order valence-corrected chi connectivity index (χ2v) is 6.79. The van der Waals surface area contributed by atoms with Crippen LogP contribution in [0.25, 0.3) is 0 Å². The van der Waals surface area contributed by atoms with Crippen molar-refractivity contribution in [3.05, 3.63) is 4.88 Å². The predicted molar refractivity (Wildman–Crippen MR) is 85.9 cm³/mol. The SMILES string of the molecule is Nc1nc(N2CCNCC2)sc1C(=O)NCC1CCCC1. The highest BCUT2D eigenvalue weighted by Gasteiger charge is 2.22. The Morgan fingerprint density at radius 2 is 2.10 bits per heavy atom. The van der Waals surface area contributed by atoms with Crippen molar-refractivity contribution in [2.24, 2.45) is 5.92 Å². The smallest absolute Gasteiger partial charge is 0.265 e. The number of nitrogens with zero attached hydrogens (tertiary/aromatic N) is 2. The topological polar surface area (TPSA) is 83.3 Å². The molecule has 0 radical (unpaired) electrons. The van der Waals surface area contributed by atoms with Crippen molar-refractivity contribution >= 4 is 28.2 Å². The van der Waals surface area contributed by atoms with Gasteiger partial charge in [0.2, 0.25) is 0 Å². The molecule has 21 heavy (non-hydrogen) atoms. The lowest BCUT2D eigenvalue weighted by Gasteiger charge is -2.26. The number of hydrogen-bond acceptors (Lipinski definition) is 6. The zero-order valence-corrected chi connectivity index (χ0v) is 13.0. The van der Waals surface area contributed by atoms with Gasteiger partial charge in [-0.3, -0.25) is 4.79 Å². The Morgan fingerprint density at radius 1 is 1.38 bits per heavy atom. The summed E-state index contributed by atoms with van der Waals surface area (Å²) >= 11 is 1.41. The minimum absolute atomic E-state index is 0.0710. The minimum atomic E-state index is -0.0710. The number of anilines is 2. The summed E-state index contributed by atoms with van der Waals surface area (Å²) < 4.78 is 0. The van der Waals surface area contributed by atoms with E-state index in [9.17, 15) is 4.79 Å². The number of nitrogens with two attached hydrogens (primary N) is 1. The molecular formula is C14H23N5OS. The van der Waals surface area contributed by atoms with Crippen LogP contribution < -0.4 is 21.3 Å². The predicted octanol–water partition coefficient (Wildman–Crippen LogP) is 1.05. The Hall–Kier alpha value is -1.34. The van der Waals surface area contributed by atoms with Gasteiger partial charge in [0.15, 0.2) is 5.13 Å². The molecule has 1 saturated carbocycles. The van der Waals surface area contributed by atoms with Crippen molar-refractivity contribution in [2.45, 2.75) is 25.7 Å². The molecule has 1 aliphatic heterocycles. The first-order valence-corrected chi connectivity index (χ1v) is 8.56. The largest absolute Gasteiger partial charge is 0.382 e. The van der Waals surface area contributed by atoms with Gasteiger partial charge in [0.25, 0.3) is 5.91 Å². The highest BCUT2D eigenvalue weighted by molar-refractivity contribution is 7.18. The molecular weight excluding hydrogens is 286 g/mol. The zero-order chi connectivity index (χ0) is 14.7. The quantitative estimate of drug-likeness (QED) is 0.774. The summed E-state index contributed by atoms with van der Waals surface area (Å²) in [6.07, 6.45) is 5.03. The Labute approximate surface area is 129 Å². The van der Waals surface area contributed by atoms with Gasteiger partial charge in [0, 0.05) is 32.7 Å². The van der Waals surface area contributed by atoms with Crippen molar-refractivity contribution in [1.29, 1.82) is 0 Å². The molecule has 1 aromatic rings. The number of hydrogen-bond donors (Lipinski definition) is 3. The van der Waals surface area contributed by atoms with Crippen LogP contribution in [-0.2, 0) is 0 Å². The van der Waals surface area contributed by atoms with Gasteiger partial charge in [-0.25, -0.2) is 4.98 Å². The van der Waals surface area contributed by atoms with Crippen LogP contribution in [0.2, 0.25) is 0 Å². The Bertz CT molecular complexity index is 492. The molecule has 2 aliphatic rings. The molecule has 2 fully saturated rings. The summed E-state index contributed by atoms with van der Waals surface area (Å²) in [5, 5.41) is 7.18. The summed E-state index contributed by atoms with van der Waals surface area (Å²) in [7, 11) is 0. The highest BCUT2D eigenvalue weighted by Crippen LogP contribution is 2.29. The molecule has 1 aromatic heterocycles. The number of piperazine rings is 1. The normalized spacial score (nSPS) is 19.9. The molecule has 0 unspecified atom stereocenters. The molecule has 6 nitrogen and oxygen atoms in total. The van der Waals surface area contributed by atoms with Crippen LogP contribution in [0.15, 0.2) is 0 Å². The van der Waals surface area contributed by atoms with Crippen LogP contribution in [-0.4, -0.2) is 43.6 Å². The van der Waals surface area contributed by atoms with E-state index in [0.29, 0.717) is 16.6 Å². The fourth-order valence-corrected chi connectivity index (χ4v) is 3.96. The maximum atomic E-state index is 12.3. The number of nitrogen functional groups attached to an aromatic ring is 1. The third-order valence-electron chi connectivity index (χ3n) is 4.26. The molecule has 1 aliphatic carbocycles. The minimum Gasteiger partial charge on any atom is -0.382 e. The lowest BCUT2D eigenvalue weighted by Crippen LogP contribution is -2.43. The third-order valence-corrected chi connectivity index (χ3v) is 5.39. The number of carbonyl (C=O) groups excluding carboxylic acids is 1. The average Bonchev–Trinajstić information content (AvgIpc) is 3.15. The van der Waals surface area contributed by atoms with Gasteiger partial charge < -0.3 is 21.3 Å². The van der Waals surface area contributed by atoms with E-state index in [1.54, 1.807) is 0 Å². The molecule has 7 heteroatoms. The zero-order valence-electron chi connectivity index (χ0n) is 12.2. The molecule has 0 spiro atoms. The molecule has 4 N–H and O–H groups in total. The second-order valence-electron chi connectivity index (χ2n) is 5.81. The van der Waals surface area contributed by atoms with E-state index in [0.717, 1.165) is 37.9 Å². The van der Waals surface area contributed by atoms with Gasteiger partial charge in [0.1, 0.15) is 10.7 Å². The van der Waals surface area contributed by atoms with Crippen LogP contribution in [0, 0.1) is 5.92 Å². The number of aromatic nitrogens is 1. The van der Waals surface area contributed by atoms with E-state index in [4.69, 9.17) is 5.73 Å². The second kappa shape index (κ2) is 6.62. The van der Waals surface area contributed by atoms with Crippen LogP contribution in [0.4, 0.5) is 10.9 Å². The lowest BCUT2D eigenvalue weighted by molar-refractivity contribution is 0.0952. The van der Waals surface area contributed by atoms with Crippen molar-refractivity contribution in [1.82, 2.24) is 15.6 Å². The molecule has 1 saturated heterocycles. The van der Waals surface area contributed by atoms with E-state index in [2.05, 4.69) is 20.5 Å². The lowest BCUT2D eigenvalue weighted by atomic mass is 10.1. The fraction of sp³-hybridized carbons (Fsp3) is 0.714. The Balaban J connectivity index is 1.61. The first kappa shape index (κ1) is 14.6. The number of rotatable bonds is 4. The number of nitrogens with one attached hydrogen (secondary N) is 2. The number of thiazole rings is 1. The van der Waals surface area contributed by atoms with E-state index in [1.807, 2.05) is 0 Å². The molecule has 0 atom stereocenters. The average molecular weight is 309 g/mol. The number of amides is 1. The number of carbonyl (C=O) groups is 1. The van der Waals surface area contributed by atoms with Gasteiger partial charge >= 0.3 is 0 Å².